The van der Waals surface area contributed by atoms with E-state index in [0.717, 1.165) is 0 Å². The van der Waals surface area contributed by atoms with E-state index in [-0.39, 0.29) is 124 Å². The summed E-state index contributed by atoms with van der Waals surface area (Å²) in [5, 5.41) is 1.00. The number of aromatic nitrogens is 8. The Balaban J connectivity index is 1.02. The van der Waals surface area contributed by atoms with Crippen molar-refractivity contribution in [2.24, 2.45) is 0 Å². The number of fused-ring (bicyclic) bond motifs is 20. The Bertz CT molecular complexity index is 6040. The summed E-state index contributed by atoms with van der Waals surface area (Å²) in [4.78, 5) is 36.3. The first-order chi connectivity index (χ1) is 51.6. The summed E-state index contributed by atoms with van der Waals surface area (Å²) in [5.41, 5.74) is 3.50. The van der Waals surface area contributed by atoms with E-state index in [1.165, 1.54) is 118 Å². The van der Waals surface area contributed by atoms with Gasteiger partial charge in [-0.3, -0.25) is 0 Å². The fraction of sp³-hybridized carbons (Fsp3) is 0.263. The number of aromatic amines is 2. The number of methoxy groups -OCH3 is 8. The Labute approximate surface area is 624 Å². The summed E-state index contributed by atoms with van der Waals surface area (Å²) in [7, 11) is -5.48. The third-order valence-electron chi connectivity index (χ3n) is 18.4. The number of H-pyrrole nitrogens is 2. The van der Waals surface area contributed by atoms with Crippen LogP contribution in [0.2, 0.25) is 0 Å². The molecule has 5 heterocycles. The number of hydrogen-bond acceptors (Lipinski definition) is 22. The number of hydrogen-bond donors (Lipinski definition) is 6. The fourth-order valence-corrected chi connectivity index (χ4v) is 18.7. The van der Waals surface area contributed by atoms with Crippen LogP contribution in [0.4, 0.5) is 0 Å². The van der Waals surface area contributed by atoms with Crippen LogP contribution >= 0.6 is 0 Å². The molecule has 0 saturated carbocycles. The van der Waals surface area contributed by atoms with E-state index >= 15 is 8.42 Å². The van der Waals surface area contributed by atoms with Crippen LogP contribution < -0.4 is 56.8 Å². The maximum absolute atomic E-state index is 15.3. The molecule has 108 heavy (non-hydrogen) atoms. The highest BCUT2D eigenvalue weighted by Gasteiger charge is 2.33. The summed E-state index contributed by atoms with van der Waals surface area (Å²) in [6, 6.07) is 35.7. The summed E-state index contributed by atoms with van der Waals surface area (Å²) in [5.74, 6) is 3.94. The minimum absolute atomic E-state index is 0.000769. The molecule has 8 bridgehead atoms. The van der Waals surface area contributed by atoms with E-state index < -0.39 is 64.3 Å². The van der Waals surface area contributed by atoms with Gasteiger partial charge in [-0.15, -0.1) is 0 Å². The standard InChI is InChI=1S/C76H78N12O16S4/c1-41(30-45-34-49(97-5)16-26-63(45)101-9)85-105(89,90)53-20-23-56-60(38-53)73-78-69(56)77-72-59-14-13-15-67(108(95,96)88-44(4)33-48-37-52(100-8)19-29-66(48)104-12)68(59)76(83-72)84-75-62-40-55(107(93,94)87-43(3)32-47-36-51(99-7)18-28-65(47)103-11)22-25-58(62)71(82-75)81-74-61-39-54(21-24-57(61)70(79-73)80-74)106(91,92)86-42(2)31-46-35-50(98-6)17-27-64(46)102-10/h13-29,34-44,85-88H,30-33H2,1-12H3,(H2,77,78,79,80,81,82,83,84). The van der Waals surface area contributed by atoms with Gasteiger partial charge in [0.25, 0.3) is 0 Å². The lowest BCUT2D eigenvalue weighted by Gasteiger charge is -2.18. The molecular weight excluding hydrogens is 1470 g/mol. The van der Waals surface area contributed by atoms with E-state index in [1.807, 2.05) is 0 Å². The van der Waals surface area contributed by atoms with Crippen molar-refractivity contribution in [3.8, 4) is 91.5 Å². The van der Waals surface area contributed by atoms with Gasteiger partial charge >= 0.3 is 0 Å². The quantitative estimate of drug-likeness (QED) is 0.0265. The molecule has 0 fully saturated rings. The van der Waals surface area contributed by atoms with E-state index in [0.29, 0.717) is 79.2 Å². The van der Waals surface area contributed by atoms with E-state index in [1.54, 1.807) is 113 Å². The number of benzene rings is 8. The molecule has 4 atom stereocenters. The molecule has 0 aliphatic carbocycles. The Morgan fingerprint density at radius 2 is 0.639 bits per heavy atom. The minimum Gasteiger partial charge on any atom is -0.497 e. The van der Waals surface area contributed by atoms with Crippen LogP contribution in [0, 0.1) is 0 Å². The first kappa shape index (κ1) is 75.4. The van der Waals surface area contributed by atoms with Gasteiger partial charge in [-0.05, 0) is 209 Å². The SMILES string of the molecule is COc1ccc(OC)c(CC(C)NS(=O)(=O)c2ccc3c(c2)-c2nc-3nc3[nH]c(nc4nc(nc5[nH]c(n2)c2ccc(S(=O)(=O)NC(C)Cc6cc(OC)ccc6OC)cc52)-c2c-4cccc2S(=O)(=O)NC(C)Cc2cc(OC)ccc2OC)c2ccc(S(=O)(=O)NC(C)Cc4cc(OC)ccc4OC)cc32)c1. The first-order valence-electron chi connectivity index (χ1n) is 34.0. The van der Waals surface area contributed by atoms with Crippen molar-refractivity contribution in [2.75, 3.05) is 56.9 Å². The van der Waals surface area contributed by atoms with Gasteiger partial charge in [0, 0.05) is 62.4 Å². The monoisotopic (exact) mass is 1540 g/mol. The predicted molar refractivity (Wildman–Crippen MR) is 408 cm³/mol. The highest BCUT2D eigenvalue weighted by molar-refractivity contribution is 7.90. The van der Waals surface area contributed by atoms with Crippen LogP contribution in [0.15, 0.2) is 165 Å². The molecule has 32 heteroatoms. The second kappa shape index (κ2) is 30.4. The molecule has 8 aromatic carbocycles. The number of rotatable bonds is 28. The maximum atomic E-state index is 15.3. The number of ether oxygens (including phenoxy) is 8. The van der Waals surface area contributed by atoms with Gasteiger partial charge in [0.15, 0.2) is 23.3 Å². The molecule has 0 amide bonds. The summed E-state index contributed by atoms with van der Waals surface area (Å²) in [6.07, 6.45) is 0.770. The predicted octanol–water partition coefficient (Wildman–Crippen LogP) is 10.6. The highest BCUT2D eigenvalue weighted by Crippen LogP contribution is 2.42. The normalized spacial score (nSPS) is 13.4. The Kier molecular flexibility index (Phi) is 21.2. The molecule has 6 N–H and O–H groups in total. The third-order valence-corrected chi connectivity index (χ3v) is 24.8. The van der Waals surface area contributed by atoms with Crippen molar-refractivity contribution >= 4 is 84.2 Å². The Morgan fingerprint density at radius 3 is 1.02 bits per heavy atom. The fourth-order valence-electron chi connectivity index (χ4n) is 13.5. The van der Waals surface area contributed by atoms with Gasteiger partial charge in [0.05, 0.1) is 82.0 Å². The van der Waals surface area contributed by atoms with E-state index in [9.17, 15) is 25.3 Å². The first-order valence-corrected chi connectivity index (χ1v) is 39.9. The maximum Gasteiger partial charge on any atom is 0.241 e. The molecule has 2 aliphatic heterocycles. The smallest absolute Gasteiger partial charge is 0.241 e. The minimum atomic E-state index is -4.55. The third kappa shape index (κ3) is 15.4. The van der Waals surface area contributed by atoms with Crippen LogP contribution in [-0.4, -0.2) is 155 Å². The van der Waals surface area contributed by atoms with Crippen LogP contribution in [0.5, 0.6) is 46.0 Å². The average Bonchev–Trinajstić information content (AvgIpc) is 1.58. The molecule has 0 spiro atoms. The molecule has 28 nitrogen and oxygen atoms in total. The van der Waals surface area contributed by atoms with Gasteiger partial charge < -0.3 is 47.9 Å². The second-order valence-corrected chi connectivity index (χ2v) is 32.9. The van der Waals surface area contributed by atoms with Crippen molar-refractivity contribution in [3.63, 3.8) is 0 Å². The van der Waals surface area contributed by atoms with Gasteiger partial charge in [-0.2, -0.15) is 0 Å². The molecule has 3 aromatic heterocycles. The van der Waals surface area contributed by atoms with E-state index in [4.69, 9.17) is 67.8 Å². The highest BCUT2D eigenvalue weighted by atomic mass is 32.2. The second-order valence-electron chi connectivity index (χ2n) is 26.0. The van der Waals surface area contributed by atoms with Crippen LogP contribution in [-0.2, 0) is 65.8 Å². The van der Waals surface area contributed by atoms with Crippen molar-refractivity contribution in [2.45, 2.75) is 97.1 Å². The lowest BCUT2D eigenvalue weighted by atomic mass is 10.1. The Morgan fingerprint density at radius 1 is 0.315 bits per heavy atom. The van der Waals surface area contributed by atoms with Gasteiger partial charge in [0.2, 0.25) is 40.1 Å². The lowest BCUT2D eigenvalue weighted by molar-refractivity contribution is 0.397. The van der Waals surface area contributed by atoms with Gasteiger partial charge in [-0.25, -0.2) is 82.5 Å². The zero-order valence-corrected chi connectivity index (χ0v) is 64.1. The summed E-state index contributed by atoms with van der Waals surface area (Å²) < 4.78 is 175. The van der Waals surface area contributed by atoms with Gasteiger partial charge in [-0.1, -0.05) is 12.1 Å². The summed E-state index contributed by atoms with van der Waals surface area (Å²) >= 11 is 0. The molecule has 562 valence electrons. The topological polar surface area (TPSA) is 367 Å². The van der Waals surface area contributed by atoms with Crippen LogP contribution in [0.1, 0.15) is 49.9 Å². The van der Waals surface area contributed by atoms with Crippen molar-refractivity contribution < 1.29 is 71.6 Å². The number of nitrogens with zero attached hydrogens (tertiary/aromatic N) is 6. The lowest BCUT2D eigenvalue weighted by Crippen LogP contribution is -2.34. The Hall–Kier alpha value is -10.8. The number of sulfonamides is 4. The molecule has 13 rings (SSSR count). The van der Waals surface area contributed by atoms with Gasteiger partial charge in [0.1, 0.15) is 68.6 Å². The molecule has 0 radical (unpaired) electrons. The molecule has 2 aliphatic rings. The number of nitrogens with one attached hydrogen (secondary N) is 6. The molecular formula is C76H78N12O16S4. The van der Waals surface area contributed by atoms with Crippen LogP contribution in [0.25, 0.3) is 89.7 Å². The largest absolute Gasteiger partial charge is 0.497 e. The van der Waals surface area contributed by atoms with Crippen molar-refractivity contribution in [1.82, 2.24) is 58.8 Å². The van der Waals surface area contributed by atoms with Crippen molar-refractivity contribution in [1.29, 1.82) is 0 Å². The molecule has 4 unspecified atom stereocenters. The van der Waals surface area contributed by atoms with E-state index in [2.05, 4.69) is 28.9 Å². The molecule has 11 aromatic rings. The van der Waals surface area contributed by atoms with Crippen molar-refractivity contribution in [3.05, 3.63) is 168 Å². The zero-order chi connectivity index (χ0) is 76.7. The molecule has 0 saturated heterocycles. The zero-order valence-electron chi connectivity index (χ0n) is 60.8. The summed E-state index contributed by atoms with van der Waals surface area (Å²) in [6.45, 7) is 6.84. The van der Waals surface area contributed by atoms with Crippen LogP contribution in [0.3, 0.4) is 0 Å². The average molecular weight is 1540 g/mol.